The van der Waals surface area contributed by atoms with Gasteiger partial charge in [-0.05, 0) is 45.0 Å². The summed E-state index contributed by atoms with van der Waals surface area (Å²) in [5.74, 6) is -0.218. The molecule has 2 aromatic rings. The number of nitrogens with zero attached hydrogens (tertiary/aromatic N) is 3. The first-order chi connectivity index (χ1) is 12.5. The highest BCUT2D eigenvalue weighted by molar-refractivity contribution is 5.93. The summed E-state index contributed by atoms with van der Waals surface area (Å²) in [5.41, 5.74) is 0.318. The molecule has 136 valence electrons. The number of pyridine rings is 1. The van der Waals surface area contributed by atoms with E-state index in [2.05, 4.69) is 20.2 Å². The molecule has 5 nitrogen and oxygen atoms in total. The van der Waals surface area contributed by atoms with Gasteiger partial charge in [-0.1, -0.05) is 0 Å². The lowest BCUT2D eigenvalue weighted by molar-refractivity contribution is -0.0829. The Kier molecular flexibility index (Phi) is 3.44. The van der Waals surface area contributed by atoms with Crippen LogP contribution >= 0.6 is 0 Å². The number of nitrogens with one attached hydrogen (secondary N) is 1. The molecule has 1 atom stereocenters. The van der Waals surface area contributed by atoms with Crippen LogP contribution in [-0.4, -0.2) is 47.7 Å². The standard InChI is InChI=1S/C19H20F2N4O/c1-11-14-6-13(20)7-16(21)15(14)8-17(23-11)24-18-22-9-19(26-18)10-25-4-2-12(19)3-5-25/h6-8,12H,2-5,9-10H2,1H3,(H,22,23,24)/t19-/m0/s1. The molecule has 7 heteroatoms. The van der Waals surface area contributed by atoms with Crippen molar-refractivity contribution in [3.05, 3.63) is 35.5 Å². The van der Waals surface area contributed by atoms with E-state index in [-0.39, 0.29) is 5.60 Å². The molecule has 6 rings (SSSR count). The van der Waals surface area contributed by atoms with Crippen LogP contribution in [-0.2, 0) is 4.74 Å². The largest absolute Gasteiger partial charge is 0.455 e. The van der Waals surface area contributed by atoms with Gasteiger partial charge in [0.1, 0.15) is 23.1 Å². The Morgan fingerprint density at radius 1 is 1.19 bits per heavy atom. The van der Waals surface area contributed by atoms with Crippen molar-refractivity contribution in [1.82, 2.24) is 9.88 Å². The van der Waals surface area contributed by atoms with Crippen LogP contribution in [0.4, 0.5) is 14.6 Å². The van der Waals surface area contributed by atoms with Gasteiger partial charge in [0.15, 0.2) is 0 Å². The molecule has 26 heavy (non-hydrogen) atoms. The first kappa shape index (κ1) is 15.9. The fraction of sp³-hybridized carbons (Fsp3) is 0.474. The van der Waals surface area contributed by atoms with E-state index in [0.717, 1.165) is 38.5 Å². The monoisotopic (exact) mass is 358 g/mol. The zero-order valence-corrected chi connectivity index (χ0v) is 14.6. The van der Waals surface area contributed by atoms with Crippen LogP contribution in [0.15, 0.2) is 23.2 Å². The number of anilines is 1. The maximum atomic E-state index is 14.1. The highest BCUT2D eigenvalue weighted by atomic mass is 19.1. The van der Waals surface area contributed by atoms with E-state index in [4.69, 9.17) is 4.74 Å². The minimum Gasteiger partial charge on any atom is -0.455 e. The summed E-state index contributed by atoms with van der Waals surface area (Å²) in [5, 5.41) is 3.88. The summed E-state index contributed by atoms with van der Waals surface area (Å²) in [6.07, 6.45) is 2.29. The number of halogens is 2. The fourth-order valence-electron chi connectivity index (χ4n) is 4.56. The van der Waals surface area contributed by atoms with E-state index >= 15 is 0 Å². The number of hydrogen-bond acceptors (Lipinski definition) is 5. The van der Waals surface area contributed by atoms with Gasteiger partial charge in [0.05, 0.1) is 6.54 Å². The van der Waals surface area contributed by atoms with Crippen molar-refractivity contribution in [2.45, 2.75) is 25.4 Å². The van der Waals surface area contributed by atoms with Gasteiger partial charge in [0, 0.05) is 35.0 Å². The van der Waals surface area contributed by atoms with Crippen LogP contribution in [0.1, 0.15) is 18.5 Å². The quantitative estimate of drug-likeness (QED) is 0.851. The third kappa shape index (κ3) is 2.45. The molecule has 3 fully saturated rings. The number of rotatable bonds is 1. The number of amidine groups is 1. The second-order valence-corrected chi connectivity index (χ2v) is 7.54. The molecular weight excluding hydrogens is 338 g/mol. The van der Waals surface area contributed by atoms with Gasteiger partial charge in [0.2, 0.25) is 0 Å². The van der Waals surface area contributed by atoms with Crippen LogP contribution < -0.4 is 5.32 Å². The molecule has 5 heterocycles. The van der Waals surface area contributed by atoms with Gasteiger partial charge in [0.25, 0.3) is 6.02 Å². The maximum Gasteiger partial charge on any atom is 0.291 e. The number of hydrogen-bond donors (Lipinski definition) is 1. The minimum atomic E-state index is -0.603. The van der Waals surface area contributed by atoms with Crippen LogP contribution in [0, 0.1) is 24.5 Å². The van der Waals surface area contributed by atoms with E-state index in [0.29, 0.717) is 40.8 Å². The van der Waals surface area contributed by atoms with Gasteiger partial charge in [-0.25, -0.2) is 18.8 Å². The first-order valence-electron chi connectivity index (χ1n) is 9.02. The zero-order valence-electron chi connectivity index (χ0n) is 14.6. The van der Waals surface area contributed by atoms with E-state index in [1.54, 1.807) is 13.0 Å². The summed E-state index contributed by atoms with van der Waals surface area (Å²) in [6.45, 7) is 5.56. The van der Waals surface area contributed by atoms with Crippen LogP contribution in [0.25, 0.3) is 10.8 Å². The Morgan fingerprint density at radius 2 is 2.00 bits per heavy atom. The van der Waals surface area contributed by atoms with Gasteiger partial charge in [-0.2, -0.15) is 0 Å². The Hall–Kier alpha value is -2.28. The molecule has 0 amide bonds. The number of aliphatic imine (C=N–C) groups is 1. The van der Waals surface area contributed by atoms with Crippen molar-refractivity contribution in [3.63, 3.8) is 0 Å². The fourth-order valence-corrected chi connectivity index (χ4v) is 4.56. The average molecular weight is 358 g/mol. The SMILES string of the molecule is Cc1nc(NC2=NC[C@@]3(CN4CCC3CC4)O2)cc2c(F)cc(F)cc12. The molecule has 3 saturated heterocycles. The van der Waals surface area contributed by atoms with E-state index in [1.807, 2.05) is 0 Å². The summed E-state index contributed by atoms with van der Waals surface area (Å²) < 4.78 is 33.8. The van der Waals surface area contributed by atoms with E-state index in [1.165, 1.54) is 6.07 Å². The minimum absolute atomic E-state index is 0.237. The van der Waals surface area contributed by atoms with Crippen molar-refractivity contribution in [1.29, 1.82) is 0 Å². The van der Waals surface area contributed by atoms with Crippen LogP contribution in [0.3, 0.4) is 0 Å². The van der Waals surface area contributed by atoms with Gasteiger partial charge < -0.3 is 4.74 Å². The second-order valence-electron chi connectivity index (χ2n) is 7.54. The molecule has 1 aromatic carbocycles. The maximum absolute atomic E-state index is 14.1. The van der Waals surface area contributed by atoms with Gasteiger partial charge in [-0.3, -0.25) is 10.2 Å². The third-order valence-electron chi connectivity index (χ3n) is 5.90. The molecule has 2 bridgehead atoms. The third-order valence-corrected chi connectivity index (χ3v) is 5.90. The van der Waals surface area contributed by atoms with E-state index < -0.39 is 11.6 Å². The topological polar surface area (TPSA) is 49.8 Å². The number of aromatic nitrogens is 1. The van der Waals surface area contributed by atoms with Crippen molar-refractivity contribution in [3.8, 4) is 0 Å². The summed E-state index contributed by atoms with van der Waals surface area (Å²) in [4.78, 5) is 11.4. The molecule has 4 aliphatic heterocycles. The van der Waals surface area contributed by atoms with Crippen molar-refractivity contribution in [2.75, 3.05) is 31.5 Å². The zero-order chi connectivity index (χ0) is 17.9. The van der Waals surface area contributed by atoms with Gasteiger partial charge >= 0.3 is 0 Å². The van der Waals surface area contributed by atoms with Crippen molar-refractivity contribution in [2.24, 2.45) is 10.9 Å². The Balaban J connectivity index is 1.40. The summed E-state index contributed by atoms with van der Waals surface area (Å²) in [7, 11) is 0. The number of ether oxygens (including phenoxy) is 1. The predicted molar refractivity (Wildman–Crippen MR) is 95.3 cm³/mol. The Labute approximate surface area is 150 Å². The Morgan fingerprint density at radius 3 is 2.73 bits per heavy atom. The van der Waals surface area contributed by atoms with Crippen LogP contribution in [0.2, 0.25) is 0 Å². The number of piperidine rings is 3. The van der Waals surface area contributed by atoms with Gasteiger partial charge in [-0.15, -0.1) is 0 Å². The molecule has 1 N–H and O–H groups in total. The van der Waals surface area contributed by atoms with Crippen molar-refractivity contribution < 1.29 is 13.5 Å². The second kappa shape index (κ2) is 5.61. The lowest BCUT2D eigenvalue weighted by atomic mass is 9.75. The highest BCUT2D eigenvalue weighted by Crippen LogP contribution is 2.41. The summed E-state index contributed by atoms with van der Waals surface area (Å²) >= 11 is 0. The molecular formula is C19H20F2N4O. The van der Waals surface area contributed by atoms with E-state index in [9.17, 15) is 8.78 Å². The molecule has 1 aromatic heterocycles. The number of aryl methyl sites for hydroxylation is 1. The molecule has 0 unspecified atom stereocenters. The molecule has 0 aliphatic carbocycles. The Bertz CT molecular complexity index is 923. The summed E-state index contributed by atoms with van der Waals surface area (Å²) in [6, 6.07) is 4.20. The van der Waals surface area contributed by atoms with Crippen LogP contribution in [0.5, 0.6) is 0 Å². The molecule has 0 saturated carbocycles. The molecule has 0 radical (unpaired) electrons. The number of fused-ring (bicyclic) bond motifs is 3. The number of benzene rings is 1. The smallest absolute Gasteiger partial charge is 0.291 e. The lowest BCUT2D eigenvalue weighted by Gasteiger charge is -2.50. The average Bonchev–Trinajstić information content (AvgIpc) is 2.99. The predicted octanol–water partition coefficient (Wildman–Crippen LogP) is 3.08. The van der Waals surface area contributed by atoms with Crippen molar-refractivity contribution >= 4 is 22.6 Å². The lowest BCUT2D eigenvalue weighted by Crippen LogP contribution is -2.61. The molecule has 4 aliphatic rings. The first-order valence-corrected chi connectivity index (χ1v) is 9.02. The molecule has 1 spiro atoms. The normalized spacial score (nSPS) is 29.9. The highest BCUT2D eigenvalue weighted by Gasteiger charge is 2.51.